The largest absolute Gasteiger partial charge is 0.416 e. The molecule has 29 heavy (non-hydrogen) atoms. The van der Waals surface area contributed by atoms with E-state index in [1.165, 1.54) is 0 Å². The van der Waals surface area contributed by atoms with Crippen LogP contribution in [0.2, 0.25) is 65.0 Å². The topological polar surface area (TPSA) is 93.4 Å². The van der Waals surface area contributed by atoms with Crippen LogP contribution in [0.5, 0.6) is 0 Å². The molecule has 1 heterocycles. The Morgan fingerprint density at radius 2 is 1.07 bits per heavy atom. The third kappa shape index (κ3) is 13.7. The second-order valence-corrected chi connectivity index (χ2v) is 27.2. The summed E-state index contributed by atoms with van der Waals surface area (Å²) in [6.07, 6.45) is 1.09. The van der Waals surface area contributed by atoms with E-state index >= 15 is 0 Å². The van der Waals surface area contributed by atoms with Gasteiger partial charge in [0.2, 0.25) is 0 Å². The molecule has 0 radical (unpaired) electrons. The van der Waals surface area contributed by atoms with E-state index in [-0.39, 0.29) is 0 Å². The molecule has 8 nitrogen and oxygen atoms in total. The molecular formula is C16H46N2O6Si5. The lowest BCUT2D eigenvalue weighted by molar-refractivity contribution is 0.238. The van der Waals surface area contributed by atoms with Gasteiger partial charge in [-0.3, -0.25) is 0 Å². The molecule has 13 heteroatoms. The summed E-state index contributed by atoms with van der Waals surface area (Å²) in [7, 11) is -6.82. The van der Waals surface area contributed by atoms with E-state index in [2.05, 4.69) is 64.2 Å². The van der Waals surface area contributed by atoms with E-state index in [1.54, 1.807) is 14.2 Å². The predicted octanol–water partition coefficient (Wildman–Crippen LogP) is 3.16. The van der Waals surface area contributed by atoms with Crippen molar-refractivity contribution in [3.05, 3.63) is 0 Å². The van der Waals surface area contributed by atoms with Crippen LogP contribution in [0.1, 0.15) is 6.42 Å². The van der Waals surface area contributed by atoms with Crippen molar-refractivity contribution in [2.24, 2.45) is 5.73 Å². The van der Waals surface area contributed by atoms with E-state index < -0.39 is 42.8 Å². The Morgan fingerprint density at radius 3 is 1.34 bits per heavy atom. The van der Waals surface area contributed by atoms with Crippen LogP contribution in [-0.4, -0.2) is 76.7 Å². The maximum absolute atomic E-state index is 6.16. The first-order valence-electron chi connectivity index (χ1n) is 10.3. The molecule has 0 atom stereocenters. The highest BCUT2D eigenvalue weighted by Gasteiger charge is 2.50. The maximum Gasteiger partial charge on any atom is 0.334 e. The Labute approximate surface area is 184 Å². The van der Waals surface area contributed by atoms with Crippen molar-refractivity contribution < 1.29 is 25.3 Å². The fraction of sp³-hybridized carbons (Fsp3) is 1.00. The molecule has 0 unspecified atom stereocenters. The number of rotatable bonds is 8. The summed E-state index contributed by atoms with van der Waals surface area (Å²) in [5.74, 6) is 0. The highest BCUT2D eigenvalue weighted by Crippen LogP contribution is 2.30. The standard InChI is InChI=1S/C8H22N2O2Si.C8H24O4Si4/c1-11-13(3,12-2)8-4-6-10-7-5-9;1-13(2)9-14(3,4)11-16(7,8)12-15(5,6)10-13/h10H,4-9H2,1-3H3;1-8H3. The van der Waals surface area contributed by atoms with Crippen molar-refractivity contribution in [2.45, 2.75) is 71.4 Å². The number of nitrogens with one attached hydrogen (secondary N) is 1. The van der Waals surface area contributed by atoms with Crippen molar-refractivity contribution in [3.63, 3.8) is 0 Å². The Balaban J connectivity index is 0.000000555. The second-order valence-electron chi connectivity index (χ2n) is 9.19. The van der Waals surface area contributed by atoms with E-state index in [9.17, 15) is 0 Å². The van der Waals surface area contributed by atoms with Gasteiger partial charge in [0.15, 0.2) is 0 Å². The molecule has 1 rings (SSSR count). The summed E-state index contributed by atoms with van der Waals surface area (Å²) in [6, 6.07) is 1.03. The van der Waals surface area contributed by atoms with E-state index in [0.29, 0.717) is 6.54 Å². The Hall–Kier alpha value is 0.764. The summed E-state index contributed by atoms with van der Waals surface area (Å²) in [4.78, 5) is 0. The van der Waals surface area contributed by atoms with Gasteiger partial charge in [-0.05, 0) is 77.9 Å². The molecule has 0 amide bonds. The van der Waals surface area contributed by atoms with Gasteiger partial charge in [0, 0.05) is 27.3 Å². The van der Waals surface area contributed by atoms with Crippen molar-refractivity contribution in [1.29, 1.82) is 0 Å². The summed E-state index contributed by atoms with van der Waals surface area (Å²) in [5, 5.41) is 3.24. The zero-order valence-electron chi connectivity index (χ0n) is 20.6. The smallest absolute Gasteiger partial charge is 0.334 e. The lowest BCUT2D eigenvalue weighted by Gasteiger charge is -2.46. The quantitative estimate of drug-likeness (QED) is 0.386. The number of hydrogen-bond donors (Lipinski definition) is 2. The minimum Gasteiger partial charge on any atom is -0.416 e. The summed E-state index contributed by atoms with van der Waals surface area (Å²) in [6.45, 7) is 21.2. The third-order valence-electron chi connectivity index (χ3n) is 4.14. The molecule has 0 bridgehead atoms. The highest BCUT2D eigenvalue weighted by atomic mass is 28.5. The van der Waals surface area contributed by atoms with E-state index in [4.69, 9.17) is 31.0 Å². The molecule has 176 valence electrons. The first kappa shape index (κ1) is 29.8. The Bertz CT molecular complexity index is 407. The van der Waals surface area contributed by atoms with Crippen LogP contribution in [0.25, 0.3) is 0 Å². The van der Waals surface area contributed by atoms with Crippen LogP contribution in [0.3, 0.4) is 0 Å². The summed E-state index contributed by atoms with van der Waals surface area (Å²) >= 11 is 0. The van der Waals surface area contributed by atoms with Gasteiger partial charge >= 0.3 is 42.8 Å². The van der Waals surface area contributed by atoms with Crippen LogP contribution in [0.15, 0.2) is 0 Å². The molecule has 1 aliphatic heterocycles. The second kappa shape index (κ2) is 12.1. The van der Waals surface area contributed by atoms with Crippen LogP contribution in [0.4, 0.5) is 0 Å². The Morgan fingerprint density at radius 1 is 0.724 bits per heavy atom. The molecule has 0 aliphatic carbocycles. The minimum atomic E-state index is -2.11. The van der Waals surface area contributed by atoms with E-state index in [1.807, 2.05) is 0 Å². The van der Waals surface area contributed by atoms with Gasteiger partial charge in [-0.1, -0.05) is 0 Å². The van der Waals surface area contributed by atoms with Crippen molar-refractivity contribution in [3.8, 4) is 0 Å². The molecule has 0 aromatic carbocycles. The maximum atomic E-state index is 6.16. The van der Waals surface area contributed by atoms with Gasteiger partial charge in [0.05, 0.1) is 0 Å². The van der Waals surface area contributed by atoms with Crippen LogP contribution >= 0.6 is 0 Å². The monoisotopic (exact) mass is 502 g/mol. The van der Waals surface area contributed by atoms with Crippen molar-refractivity contribution >= 4 is 42.8 Å². The van der Waals surface area contributed by atoms with Crippen LogP contribution < -0.4 is 11.1 Å². The van der Waals surface area contributed by atoms with Crippen LogP contribution in [0, 0.1) is 0 Å². The molecule has 1 fully saturated rings. The van der Waals surface area contributed by atoms with Crippen molar-refractivity contribution in [1.82, 2.24) is 5.32 Å². The van der Waals surface area contributed by atoms with Gasteiger partial charge in [0.25, 0.3) is 0 Å². The fourth-order valence-corrected chi connectivity index (χ4v) is 26.0. The first-order valence-corrected chi connectivity index (χ1v) is 24.1. The first-order chi connectivity index (χ1) is 13.0. The highest BCUT2D eigenvalue weighted by molar-refractivity contribution is 6.92. The number of hydrogen-bond acceptors (Lipinski definition) is 8. The summed E-state index contributed by atoms with van der Waals surface area (Å²) in [5.41, 5.74) is 5.35. The van der Waals surface area contributed by atoms with Gasteiger partial charge in [-0.15, -0.1) is 0 Å². The average molecular weight is 503 g/mol. The van der Waals surface area contributed by atoms with Gasteiger partial charge < -0.3 is 36.4 Å². The Kier molecular flexibility index (Phi) is 12.4. The molecule has 1 aliphatic rings. The third-order valence-corrected chi connectivity index (χ3v) is 22.9. The average Bonchev–Trinajstić information content (AvgIpc) is 2.49. The van der Waals surface area contributed by atoms with Gasteiger partial charge in [-0.25, -0.2) is 0 Å². The van der Waals surface area contributed by atoms with Gasteiger partial charge in [0.1, 0.15) is 0 Å². The predicted molar refractivity (Wildman–Crippen MR) is 131 cm³/mol. The fourth-order valence-electron chi connectivity index (χ4n) is 3.50. The molecule has 0 aromatic rings. The molecule has 1 saturated heterocycles. The van der Waals surface area contributed by atoms with Crippen LogP contribution in [-0.2, 0) is 25.3 Å². The van der Waals surface area contributed by atoms with E-state index in [0.717, 1.165) is 25.6 Å². The minimum absolute atomic E-state index is 0.698. The molecule has 3 N–H and O–H groups in total. The van der Waals surface area contributed by atoms with Crippen molar-refractivity contribution in [2.75, 3.05) is 33.9 Å². The molecule has 0 aromatic heterocycles. The zero-order chi connectivity index (χ0) is 23.0. The SMILES string of the molecule is CO[Si](C)(CCCNCCN)OC.C[Si]1(C)O[Si](C)(C)O[Si](C)(C)O[Si](C)(C)O1. The number of nitrogens with two attached hydrogens (primary N) is 1. The summed E-state index contributed by atoms with van der Waals surface area (Å²) < 4.78 is 35.4. The van der Waals surface area contributed by atoms with Gasteiger partial charge in [-0.2, -0.15) is 0 Å². The molecule has 0 saturated carbocycles. The molecular weight excluding hydrogens is 457 g/mol. The lowest BCUT2D eigenvalue weighted by atomic mass is 10.5. The zero-order valence-corrected chi connectivity index (χ0v) is 25.6. The normalized spacial score (nSPS) is 22.8. The lowest BCUT2D eigenvalue weighted by Crippen LogP contribution is -2.64. The molecule has 0 spiro atoms.